The highest BCUT2D eigenvalue weighted by Crippen LogP contribution is 2.49. The van der Waals surface area contributed by atoms with Gasteiger partial charge in [0, 0.05) is 18.3 Å². The van der Waals surface area contributed by atoms with Gasteiger partial charge in [0.1, 0.15) is 12.1 Å². The summed E-state index contributed by atoms with van der Waals surface area (Å²) in [5, 5.41) is 0. The van der Waals surface area contributed by atoms with Crippen LogP contribution in [0.25, 0.3) is 5.82 Å². The van der Waals surface area contributed by atoms with Gasteiger partial charge in [-0.15, -0.1) is 0 Å². The molecule has 0 aromatic carbocycles. The molecule has 94 valence electrons. The van der Waals surface area contributed by atoms with Crippen molar-refractivity contribution in [3.05, 3.63) is 42.6 Å². The second kappa shape index (κ2) is 4.90. The Balaban J connectivity index is 1.68. The maximum absolute atomic E-state index is 5.54. The number of hydrogen-bond donors (Lipinski definition) is 1. The van der Waals surface area contributed by atoms with Gasteiger partial charge in [-0.2, -0.15) is 0 Å². The highest BCUT2D eigenvalue weighted by molar-refractivity contribution is 5.25. The number of pyridine rings is 1. The van der Waals surface area contributed by atoms with Crippen LogP contribution in [-0.2, 0) is 0 Å². The fraction of sp³-hybridized carbons (Fsp3) is 0.429. The molecule has 0 spiro atoms. The Kier molecular flexibility index (Phi) is 3.11. The highest BCUT2D eigenvalue weighted by Gasteiger charge is 2.39. The number of aromatic nitrogens is 3. The van der Waals surface area contributed by atoms with Crippen molar-refractivity contribution in [3.63, 3.8) is 0 Å². The van der Waals surface area contributed by atoms with E-state index in [0.29, 0.717) is 5.92 Å². The Morgan fingerprint density at radius 3 is 3.06 bits per heavy atom. The van der Waals surface area contributed by atoms with Crippen molar-refractivity contribution in [2.75, 3.05) is 6.54 Å². The molecule has 2 heterocycles. The summed E-state index contributed by atoms with van der Waals surface area (Å²) in [6, 6.07) is 5.90. The monoisotopic (exact) mass is 242 g/mol. The Bertz CT molecular complexity index is 506. The van der Waals surface area contributed by atoms with Gasteiger partial charge in [0.25, 0.3) is 0 Å². The van der Waals surface area contributed by atoms with Gasteiger partial charge >= 0.3 is 0 Å². The molecule has 0 saturated heterocycles. The molecule has 2 aromatic rings. The molecule has 0 radical (unpaired) electrons. The minimum absolute atomic E-state index is 0.640. The molecule has 1 fully saturated rings. The van der Waals surface area contributed by atoms with Crippen molar-refractivity contribution in [1.29, 1.82) is 0 Å². The van der Waals surface area contributed by atoms with Crippen molar-refractivity contribution < 1.29 is 0 Å². The first kappa shape index (κ1) is 11.4. The zero-order chi connectivity index (χ0) is 12.4. The van der Waals surface area contributed by atoms with E-state index in [-0.39, 0.29) is 0 Å². The number of nitrogens with two attached hydrogens (primary N) is 1. The Hall–Kier alpha value is -1.68. The first-order chi connectivity index (χ1) is 8.88. The third-order valence-electron chi connectivity index (χ3n) is 3.60. The lowest BCUT2D eigenvalue weighted by Crippen LogP contribution is -1.98. The van der Waals surface area contributed by atoms with Crippen LogP contribution in [0.5, 0.6) is 0 Å². The largest absolute Gasteiger partial charge is 0.330 e. The Morgan fingerprint density at radius 2 is 2.28 bits per heavy atom. The van der Waals surface area contributed by atoms with Gasteiger partial charge in [-0.1, -0.05) is 6.07 Å². The lowest BCUT2D eigenvalue weighted by Gasteiger charge is -1.98. The predicted octanol–water partition coefficient (Wildman–Crippen LogP) is 2.11. The summed E-state index contributed by atoms with van der Waals surface area (Å²) in [4.78, 5) is 8.82. The molecule has 1 saturated carbocycles. The molecular formula is C14H18N4. The summed E-state index contributed by atoms with van der Waals surface area (Å²) in [6.45, 7) is 0.797. The van der Waals surface area contributed by atoms with Crippen molar-refractivity contribution in [2.45, 2.75) is 25.2 Å². The number of hydrogen-bond acceptors (Lipinski definition) is 3. The van der Waals surface area contributed by atoms with Gasteiger partial charge in [0.15, 0.2) is 0 Å². The maximum Gasteiger partial charge on any atom is 0.137 e. The molecule has 1 aliphatic carbocycles. The van der Waals surface area contributed by atoms with Crippen molar-refractivity contribution in [2.24, 2.45) is 11.7 Å². The molecule has 2 N–H and O–H groups in total. The van der Waals surface area contributed by atoms with Crippen LogP contribution in [0.3, 0.4) is 0 Å². The van der Waals surface area contributed by atoms with Crippen LogP contribution in [0.15, 0.2) is 36.9 Å². The van der Waals surface area contributed by atoms with E-state index in [9.17, 15) is 0 Å². The van der Waals surface area contributed by atoms with Crippen molar-refractivity contribution in [3.8, 4) is 5.82 Å². The van der Waals surface area contributed by atoms with E-state index < -0.39 is 0 Å². The van der Waals surface area contributed by atoms with Crippen LogP contribution in [0.1, 0.15) is 30.9 Å². The van der Waals surface area contributed by atoms with Gasteiger partial charge in [-0.25, -0.2) is 9.97 Å². The topological polar surface area (TPSA) is 56.7 Å². The number of imidazole rings is 1. The summed E-state index contributed by atoms with van der Waals surface area (Å²) >= 11 is 0. The maximum atomic E-state index is 5.54. The zero-order valence-corrected chi connectivity index (χ0v) is 10.4. The minimum Gasteiger partial charge on any atom is -0.330 e. The number of rotatable bonds is 5. The van der Waals surface area contributed by atoms with Crippen molar-refractivity contribution in [1.82, 2.24) is 14.5 Å². The van der Waals surface area contributed by atoms with Gasteiger partial charge in [-0.3, -0.25) is 4.57 Å². The minimum atomic E-state index is 0.640. The normalized spacial score (nSPS) is 22.1. The van der Waals surface area contributed by atoms with E-state index in [1.807, 2.05) is 29.1 Å². The lowest BCUT2D eigenvalue weighted by atomic mass is 10.1. The fourth-order valence-corrected chi connectivity index (χ4v) is 2.47. The average Bonchev–Trinajstić information content (AvgIpc) is 3.03. The molecule has 4 heteroatoms. The van der Waals surface area contributed by atoms with E-state index in [1.54, 1.807) is 6.20 Å². The number of nitrogens with zero attached hydrogens (tertiary/aromatic N) is 3. The SMILES string of the molecule is NCCCC1CC1c1cn(-c2ccccn2)cn1. The quantitative estimate of drug-likeness (QED) is 0.873. The molecular weight excluding hydrogens is 224 g/mol. The molecule has 2 aromatic heterocycles. The molecule has 18 heavy (non-hydrogen) atoms. The first-order valence-electron chi connectivity index (χ1n) is 6.54. The van der Waals surface area contributed by atoms with E-state index >= 15 is 0 Å². The smallest absolute Gasteiger partial charge is 0.137 e. The standard InChI is InChI=1S/C14H18N4/c15-6-3-4-11-8-12(11)13-9-18(10-17-13)14-5-1-2-7-16-14/h1-2,5,7,9-12H,3-4,6,8,15H2. The molecule has 0 aliphatic heterocycles. The van der Waals surface area contributed by atoms with Crippen LogP contribution in [0.2, 0.25) is 0 Å². The summed E-state index contributed by atoms with van der Waals surface area (Å²) in [6.07, 6.45) is 9.39. The van der Waals surface area contributed by atoms with Crippen LogP contribution < -0.4 is 5.73 Å². The van der Waals surface area contributed by atoms with Gasteiger partial charge in [-0.05, 0) is 43.9 Å². The fourth-order valence-electron chi connectivity index (χ4n) is 2.47. The third kappa shape index (κ3) is 2.29. The summed E-state index contributed by atoms with van der Waals surface area (Å²) in [7, 11) is 0. The van der Waals surface area contributed by atoms with Crippen LogP contribution in [0, 0.1) is 5.92 Å². The lowest BCUT2D eigenvalue weighted by molar-refractivity contribution is 0.655. The third-order valence-corrected chi connectivity index (χ3v) is 3.60. The summed E-state index contributed by atoms with van der Waals surface area (Å²) < 4.78 is 1.99. The second-order valence-corrected chi connectivity index (χ2v) is 4.93. The average molecular weight is 242 g/mol. The van der Waals surface area contributed by atoms with Crippen molar-refractivity contribution >= 4 is 0 Å². The molecule has 2 unspecified atom stereocenters. The molecule has 1 aliphatic rings. The molecule has 4 nitrogen and oxygen atoms in total. The van der Waals surface area contributed by atoms with E-state index in [4.69, 9.17) is 5.73 Å². The highest BCUT2D eigenvalue weighted by atomic mass is 15.1. The molecule has 2 atom stereocenters. The van der Waals surface area contributed by atoms with Gasteiger partial charge in [0.05, 0.1) is 5.69 Å². The zero-order valence-electron chi connectivity index (χ0n) is 10.4. The molecule has 0 amide bonds. The van der Waals surface area contributed by atoms with E-state index in [2.05, 4.69) is 16.2 Å². The van der Waals surface area contributed by atoms with Gasteiger partial charge < -0.3 is 5.73 Å². The predicted molar refractivity (Wildman–Crippen MR) is 70.5 cm³/mol. The van der Waals surface area contributed by atoms with Gasteiger partial charge in [0.2, 0.25) is 0 Å². The molecule has 3 rings (SSSR count). The van der Waals surface area contributed by atoms with Crippen LogP contribution >= 0.6 is 0 Å². The van der Waals surface area contributed by atoms with E-state index in [0.717, 1.165) is 24.7 Å². The Labute approximate surface area is 107 Å². The Morgan fingerprint density at radius 1 is 1.33 bits per heavy atom. The summed E-state index contributed by atoms with van der Waals surface area (Å²) in [5.41, 5.74) is 6.74. The second-order valence-electron chi connectivity index (χ2n) is 4.93. The summed E-state index contributed by atoms with van der Waals surface area (Å²) in [5.74, 6) is 2.36. The van der Waals surface area contributed by atoms with Crippen LogP contribution in [0.4, 0.5) is 0 Å². The first-order valence-corrected chi connectivity index (χ1v) is 6.54. The van der Waals surface area contributed by atoms with Crippen LogP contribution in [-0.4, -0.2) is 21.1 Å². The van der Waals surface area contributed by atoms with E-state index in [1.165, 1.54) is 18.5 Å². The molecule has 0 bridgehead atoms.